The Bertz CT molecular complexity index is 481. The van der Waals surface area contributed by atoms with E-state index >= 15 is 0 Å². The van der Waals surface area contributed by atoms with Gasteiger partial charge in [-0.05, 0) is 24.8 Å². The summed E-state index contributed by atoms with van der Waals surface area (Å²) in [6, 6.07) is 6.59. The van der Waals surface area contributed by atoms with Crippen molar-refractivity contribution in [1.29, 1.82) is 0 Å². The van der Waals surface area contributed by atoms with Crippen molar-refractivity contribution in [2.24, 2.45) is 0 Å². The van der Waals surface area contributed by atoms with Crippen LogP contribution in [0.25, 0.3) is 0 Å². The van der Waals surface area contributed by atoms with E-state index < -0.39 is 4.92 Å². The van der Waals surface area contributed by atoms with E-state index in [-0.39, 0.29) is 11.7 Å². The molecule has 0 unspecified atom stereocenters. The van der Waals surface area contributed by atoms with E-state index in [4.69, 9.17) is 0 Å². The van der Waals surface area contributed by atoms with Gasteiger partial charge in [0, 0.05) is 24.7 Å². The summed E-state index contributed by atoms with van der Waals surface area (Å²) in [7, 11) is 0. The van der Waals surface area contributed by atoms with Crippen LogP contribution in [-0.4, -0.2) is 23.5 Å². The highest BCUT2D eigenvalue weighted by molar-refractivity contribution is 5.74. The third kappa shape index (κ3) is 5.06. The van der Waals surface area contributed by atoms with Crippen LogP contribution in [0.5, 0.6) is 0 Å². The number of nitrogens with zero attached hydrogens (tertiary/aromatic N) is 1. The lowest BCUT2D eigenvalue weighted by molar-refractivity contribution is -0.384. The van der Waals surface area contributed by atoms with E-state index in [9.17, 15) is 14.9 Å². The molecule has 0 heterocycles. The van der Waals surface area contributed by atoms with Gasteiger partial charge in [-0.3, -0.25) is 10.1 Å². The third-order valence-corrected chi connectivity index (χ3v) is 3.79. The number of amides is 2. The largest absolute Gasteiger partial charge is 0.338 e. The second-order valence-electron chi connectivity index (χ2n) is 5.41. The highest BCUT2D eigenvalue weighted by atomic mass is 16.6. The number of nitro groups is 1. The summed E-state index contributed by atoms with van der Waals surface area (Å²) in [6.45, 7) is 0.524. The fourth-order valence-corrected chi connectivity index (χ4v) is 2.59. The first-order chi connectivity index (χ1) is 10.1. The topological polar surface area (TPSA) is 84.3 Å². The second kappa shape index (κ2) is 7.61. The van der Waals surface area contributed by atoms with Crippen molar-refractivity contribution in [2.45, 2.75) is 44.6 Å². The highest BCUT2D eigenvalue weighted by Crippen LogP contribution is 2.17. The van der Waals surface area contributed by atoms with Crippen LogP contribution in [0.3, 0.4) is 0 Å². The molecular formula is C15H21N3O3. The molecule has 2 N–H and O–H groups in total. The monoisotopic (exact) mass is 291 g/mol. The molecule has 1 aliphatic rings. The Morgan fingerprint density at radius 3 is 2.48 bits per heavy atom. The molecule has 1 fully saturated rings. The van der Waals surface area contributed by atoms with Gasteiger partial charge < -0.3 is 10.6 Å². The number of non-ortho nitro benzene ring substituents is 1. The summed E-state index contributed by atoms with van der Waals surface area (Å²) in [4.78, 5) is 21.9. The Hall–Kier alpha value is -2.11. The molecule has 21 heavy (non-hydrogen) atoms. The number of benzene rings is 1. The Morgan fingerprint density at radius 1 is 1.19 bits per heavy atom. The number of nitro benzene ring substituents is 1. The van der Waals surface area contributed by atoms with Gasteiger partial charge in [-0.25, -0.2) is 4.79 Å². The van der Waals surface area contributed by atoms with E-state index in [2.05, 4.69) is 10.6 Å². The molecule has 0 spiro atoms. The van der Waals surface area contributed by atoms with E-state index in [1.165, 1.54) is 31.4 Å². The van der Waals surface area contributed by atoms with Crippen LogP contribution >= 0.6 is 0 Å². The van der Waals surface area contributed by atoms with Crippen LogP contribution in [0.15, 0.2) is 24.3 Å². The van der Waals surface area contributed by atoms with E-state index in [0.717, 1.165) is 18.4 Å². The molecule has 0 bridgehead atoms. The molecule has 0 radical (unpaired) electrons. The van der Waals surface area contributed by atoms with Gasteiger partial charge in [0.15, 0.2) is 0 Å². The van der Waals surface area contributed by atoms with Crippen molar-refractivity contribution in [3.63, 3.8) is 0 Å². The Morgan fingerprint density at radius 2 is 1.86 bits per heavy atom. The zero-order chi connectivity index (χ0) is 15.1. The molecule has 1 aromatic carbocycles. The summed E-state index contributed by atoms with van der Waals surface area (Å²) in [6.07, 6.45) is 6.43. The zero-order valence-electron chi connectivity index (χ0n) is 12.0. The first-order valence-electron chi connectivity index (χ1n) is 7.43. The maximum atomic E-state index is 11.7. The van der Waals surface area contributed by atoms with Gasteiger partial charge in [-0.15, -0.1) is 0 Å². The van der Waals surface area contributed by atoms with Gasteiger partial charge in [0.2, 0.25) is 0 Å². The molecule has 6 heteroatoms. The summed E-state index contributed by atoms with van der Waals surface area (Å²) < 4.78 is 0. The van der Waals surface area contributed by atoms with Crippen LogP contribution in [0, 0.1) is 10.1 Å². The third-order valence-electron chi connectivity index (χ3n) is 3.79. The normalized spacial score (nSPS) is 15.4. The van der Waals surface area contributed by atoms with Gasteiger partial charge in [0.1, 0.15) is 0 Å². The lowest BCUT2D eigenvalue weighted by atomic mass is 9.96. The quantitative estimate of drug-likeness (QED) is 0.646. The number of carbonyl (C=O) groups excluding carboxylic acids is 1. The SMILES string of the molecule is O=C(NCCc1ccc([N+](=O)[O-])cc1)NC1CCCCC1. The first-order valence-corrected chi connectivity index (χ1v) is 7.43. The maximum absolute atomic E-state index is 11.7. The molecule has 0 aliphatic heterocycles. The number of rotatable bonds is 5. The van der Waals surface area contributed by atoms with E-state index in [0.29, 0.717) is 19.0 Å². The lowest BCUT2D eigenvalue weighted by Gasteiger charge is -2.22. The smallest absolute Gasteiger partial charge is 0.315 e. The van der Waals surface area contributed by atoms with Crippen molar-refractivity contribution in [3.8, 4) is 0 Å². The highest BCUT2D eigenvalue weighted by Gasteiger charge is 2.15. The van der Waals surface area contributed by atoms with Crippen LogP contribution in [0.4, 0.5) is 10.5 Å². The van der Waals surface area contributed by atoms with Gasteiger partial charge >= 0.3 is 6.03 Å². The molecule has 1 aromatic rings. The summed E-state index contributed by atoms with van der Waals surface area (Å²) >= 11 is 0. The molecule has 2 amide bonds. The minimum atomic E-state index is -0.417. The fraction of sp³-hybridized carbons (Fsp3) is 0.533. The van der Waals surface area contributed by atoms with Crippen LogP contribution in [-0.2, 0) is 6.42 Å². The van der Waals surface area contributed by atoms with Crippen molar-refractivity contribution < 1.29 is 9.72 Å². The maximum Gasteiger partial charge on any atom is 0.315 e. The van der Waals surface area contributed by atoms with Crippen molar-refractivity contribution in [2.75, 3.05) is 6.54 Å². The fourth-order valence-electron chi connectivity index (χ4n) is 2.59. The number of nitrogens with one attached hydrogen (secondary N) is 2. The van der Waals surface area contributed by atoms with E-state index in [1.54, 1.807) is 12.1 Å². The summed E-state index contributed by atoms with van der Waals surface area (Å²) in [5.74, 6) is 0. The predicted molar refractivity (Wildman–Crippen MR) is 80.2 cm³/mol. The molecule has 2 rings (SSSR count). The average Bonchev–Trinajstić information content (AvgIpc) is 2.49. The molecule has 0 aromatic heterocycles. The lowest BCUT2D eigenvalue weighted by Crippen LogP contribution is -2.43. The molecule has 1 saturated carbocycles. The van der Waals surface area contributed by atoms with E-state index in [1.807, 2.05) is 0 Å². The van der Waals surface area contributed by atoms with Crippen molar-refractivity contribution in [3.05, 3.63) is 39.9 Å². The van der Waals surface area contributed by atoms with Gasteiger partial charge in [0.05, 0.1) is 4.92 Å². The summed E-state index contributed by atoms with van der Waals surface area (Å²) in [5.41, 5.74) is 1.06. The Labute approximate surface area is 124 Å². The number of urea groups is 1. The number of hydrogen-bond acceptors (Lipinski definition) is 3. The molecule has 1 aliphatic carbocycles. The van der Waals surface area contributed by atoms with Crippen LogP contribution in [0.2, 0.25) is 0 Å². The minimum Gasteiger partial charge on any atom is -0.338 e. The standard InChI is InChI=1S/C15H21N3O3/c19-15(17-13-4-2-1-3-5-13)16-11-10-12-6-8-14(9-7-12)18(20)21/h6-9,13H,1-5,10-11H2,(H2,16,17,19). The molecule has 0 atom stereocenters. The molecule has 0 saturated heterocycles. The summed E-state index contributed by atoms with van der Waals surface area (Å²) in [5, 5.41) is 16.4. The van der Waals surface area contributed by atoms with Gasteiger partial charge in [0.25, 0.3) is 5.69 Å². The average molecular weight is 291 g/mol. The molecule has 114 valence electrons. The second-order valence-corrected chi connectivity index (χ2v) is 5.41. The number of carbonyl (C=O) groups is 1. The molecular weight excluding hydrogens is 270 g/mol. The minimum absolute atomic E-state index is 0.0850. The van der Waals surface area contributed by atoms with Crippen LogP contribution < -0.4 is 10.6 Å². The van der Waals surface area contributed by atoms with Crippen molar-refractivity contribution in [1.82, 2.24) is 10.6 Å². The van der Waals surface area contributed by atoms with Gasteiger partial charge in [-0.2, -0.15) is 0 Å². The first kappa shape index (κ1) is 15.3. The van der Waals surface area contributed by atoms with Crippen LogP contribution in [0.1, 0.15) is 37.7 Å². The van der Waals surface area contributed by atoms with Gasteiger partial charge in [-0.1, -0.05) is 31.4 Å². The number of hydrogen-bond donors (Lipinski definition) is 2. The molecule has 6 nitrogen and oxygen atoms in total. The predicted octanol–water partition coefficient (Wildman–Crippen LogP) is 2.77. The Kier molecular flexibility index (Phi) is 5.54. The van der Waals surface area contributed by atoms with Crippen molar-refractivity contribution >= 4 is 11.7 Å². The Balaban J connectivity index is 1.68. The zero-order valence-corrected chi connectivity index (χ0v) is 12.0.